The van der Waals surface area contributed by atoms with E-state index >= 15 is 0 Å². The van der Waals surface area contributed by atoms with Gasteiger partial charge in [0, 0.05) is 5.30 Å². The quantitative estimate of drug-likeness (QED) is 0.722. The SMILES string of the molecule is CCOP(OCC)c1ccccc1P. The Morgan fingerprint density at radius 1 is 1.14 bits per heavy atom. The van der Waals surface area contributed by atoms with Gasteiger partial charge in [0.15, 0.2) is 0 Å². The Labute approximate surface area is 89.1 Å². The molecule has 0 radical (unpaired) electrons. The van der Waals surface area contributed by atoms with Crippen LogP contribution in [0.5, 0.6) is 0 Å². The van der Waals surface area contributed by atoms with Gasteiger partial charge in [0.05, 0.1) is 13.2 Å². The van der Waals surface area contributed by atoms with Crippen LogP contribution in [0.4, 0.5) is 0 Å². The first-order chi connectivity index (χ1) is 6.79. The van der Waals surface area contributed by atoms with Crippen LogP contribution in [0.15, 0.2) is 24.3 Å². The van der Waals surface area contributed by atoms with Crippen LogP contribution < -0.4 is 10.6 Å². The van der Waals surface area contributed by atoms with Crippen molar-refractivity contribution >= 4 is 28.2 Å². The molecule has 1 rings (SSSR count). The smallest absolute Gasteiger partial charge is 0.205 e. The van der Waals surface area contributed by atoms with Crippen molar-refractivity contribution < 1.29 is 9.05 Å². The first-order valence-corrected chi connectivity index (χ1v) is 6.45. The Morgan fingerprint density at radius 3 is 2.21 bits per heavy atom. The molecular weight excluding hydrogens is 214 g/mol. The molecule has 4 heteroatoms. The summed E-state index contributed by atoms with van der Waals surface area (Å²) >= 11 is 0. The highest BCUT2D eigenvalue weighted by Crippen LogP contribution is 2.36. The van der Waals surface area contributed by atoms with E-state index in [1.807, 2.05) is 32.0 Å². The molecule has 0 spiro atoms. The minimum absolute atomic E-state index is 0.685. The average molecular weight is 230 g/mol. The fraction of sp³-hybridized carbons (Fsp3) is 0.400. The van der Waals surface area contributed by atoms with Crippen LogP contribution in [0.25, 0.3) is 0 Å². The van der Waals surface area contributed by atoms with E-state index in [1.165, 1.54) is 0 Å². The highest BCUT2D eigenvalue weighted by molar-refractivity contribution is 7.57. The van der Waals surface area contributed by atoms with Crippen molar-refractivity contribution in [2.24, 2.45) is 0 Å². The molecule has 1 unspecified atom stereocenters. The molecule has 1 aromatic carbocycles. The number of benzene rings is 1. The number of hydrogen-bond donors (Lipinski definition) is 0. The van der Waals surface area contributed by atoms with E-state index in [4.69, 9.17) is 9.05 Å². The van der Waals surface area contributed by atoms with Crippen molar-refractivity contribution in [3.8, 4) is 0 Å². The van der Waals surface area contributed by atoms with Crippen molar-refractivity contribution in [2.45, 2.75) is 13.8 Å². The van der Waals surface area contributed by atoms with Crippen LogP contribution in [-0.2, 0) is 9.05 Å². The van der Waals surface area contributed by atoms with Crippen molar-refractivity contribution in [2.75, 3.05) is 13.2 Å². The molecule has 0 aliphatic carbocycles. The third kappa shape index (κ3) is 3.29. The zero-order valence-electron chi connectivity index (χ0n) is 8.56. The van der Waals surface area contributed by atoms with Gasteiger partial charge in [-0.2, -0.15) is 0 Å². The molecule has 0 heterocycles. The lowest BCUT2D eigenvalue weighted by Crippen LogP contribution is -2.18. The van der Waals surface area contributed by atoms with Crippen LogP contribution >= 0.6 is 17.6 Å². The Morgan fingerprint density at radius 2 is 1.71 bits per heavy atom. The number of hydrogen-bond acceptors (Lipinski definition) is 2. The molecule has 2 nitrogen and oxygen atoms in total. The summed E-state index contributed by atoms with van der Waals surface area (Å²) in [5.41, 5.74) is 0. The largest absolute Gasteiger partial charge is 0.331 e. The first kappa shape index (κ1) is 12.1. The molecule has 0 N–H and O–H groups in total. The predicted molar refractivity (Wildman–Crippen MR) is 65.6 cm³/mol. The first-order valence-electron chi connectivity index (χ1n) is 4.70. The summed E-state index contributed by atoms with van der Waals surface area (Å²) < 4.78 is 11.2. The summed E-state index contributed by atoms with van der Waals surface area (Å²) in [6.07, 6.45) is 0. The molecule has 0 fully saturated rings. The summed E-state index contributed by atoms with van der Waals surface area (Å²) in [4.78, 5) is 0. The topological polar surface area (TPSA) is 18.5 Å². The molecule has 1 atom stereocenters. The van der Waals surface area contributed by atoms with Gasteiger partial charge in [-0.15, -0.1) is 9.24 Å². The van der Waals surface area contributed by atoms with Gasteiger partial charge in [0.1, 0.15) is 0 Å². The summed E-state index contributed by atoms with van der Waals surface area (Å²) in [6.45, 7) is 5.34. The predicted octanol–water partition coefficient (Wildman–Crippen LogP) is 2.20. The minimum Gasteiger partial charge on any atom is -0.331 e. The van der Waals surface area contributed by atoms with Gasteiger partial charge >= 0.3 is 0 Å². The van der Waals surface area contributed by atoms with Crippen LogP contribution in [0.1, 0.15) is 13.8 Å². The van der Waals surface area contributed by atoms with Crippen molar-refractivity contribution in [3.63, 3.8) is 0 Å². The Bertz CT molecular complexity index is 273. The highest BCUT2D eigenvalue weighted by atomic mass is 31.2. The molecule has 14 heavy (non-hydrogen) atoms. The van der Waals surface area contributed by atoms with Gasteiger partial charge in [-0.05, 0) is 25.2 Å². The van der Waals surface area contributed by atoms with E-state index in [-0.39, 0.29) is 0 Å². The fourth-order valence-corrected chi connectivity index (χ4v) is 2.90. The third-order valence-electron chi connectivity index (χ3n) is 1.63. The standard InChI is InChI=1S/C10H16O2P2/c1-3-11-14(12-4-2)10-8-6-5-7-9(10)13/h5-8H,3-4,13H2,1-2H3. The maximum Gasteiger partial charge on any atom is 0.205 e. The van der Waals surface area contributed by atoms with E-state index < -0.39 is 8.38 Å². The lowest BCUT2D eigenvalue weighted by Gasteiger charge is -2.17. The molecule has 0 aromatic heterocycles. The Kier molecular flexibility index (Phi) is 5.59. The molecule has 0 amide bonds. The third-order valence-corrected chi connectivity index (χ3v) is 4.16. The summed E-state index contributed by atoms with van der Waals surface area (Å²) in [5.74, 6) is 0. The van der Waals surface area contributed by atoms with E-state index in [2.05, 4.69) is 15.3 Å². The maximum absolute atomic E-state index is 5.58. The van der Waals surface area contributed by atoms with E-state index in [9.17, 15) is 0 Å². The lowest BCUT2D eigenvalue weighted by atomic mass is 10.4. The minimum atomic E-state index is -0.898. The zero-order valence-corrected chi connectivity index (χ0v) is 10.6. The molecule has 78 valence electrons. The summed E-state index contributed by atoms with van der Waals surface area (Å²) in [6, 6.07) is 8.13. The van der Waals surface area contributed by atoms with Crippen molar-refractivity contribution in [3.05, 3.63) is 24.3 Å². The van der Waals surface area contributed by atoms with Gasteiger partial charge in [-0.25, -0.2) is 0 Å². The van der Waals surface area contributed by atoms with Gasteiger partial charge in [0.2, 0.25) is 8.38 Å². The molecule has 0 aliphatic rings. The van der Waals surface area contributed by atoms with Gasteiger partial charge in [0.25, 0.3) is 0 Å². The van der Waals surface area contributed by atoms with Gasteiger partial charge in [-0.1, -0.05) is 18.2 Å². The molecule has 0 saturated heterocycles. The van der Waals surface area contributed by atoms with Crippen LogP contribution in [0.3, 0.4) is 0 Å². The molecular formula is C10H16O2P2. The number of rotatable bonds is 5. The Balaban J connectivity index is 2.81. The zero-order chi connectivity index (χ0) is 10.4. The second-order valence-corrected chi connectivity index (χ2v) is 4.79. The fourth-order valence-electron chi connectivity index (χ4n) is 1.06. The molecule has 1 aromatic rings. The van der Waals surface area contributed by atoms with Crippen LogP contribution in [0.2, 0.25) is 0 Å². The van der Waals surface area contributed by atoms with Crippen LogP contribution in [0, 0.1) is 0 Å². The van der Waals surface area contributed by atoms with Crippen molar-refractivity contribution in [1.82, 2.24) is 0 Å². The van der Waals surface area contributed by atoms with Gasteiger partial charge in [-0.3, -0.25) is 0 Å². The Hall–Kier alpha value is 0. The van der Waals surface area contributed by atoms with Gasteiger partial charge < -0.3 is 9.05 Å². The average Bonchev–Trinajstić information content (AvgIpc) is 2.18. The maximum atomic E-state index is 5.58. The highest BCUT2D eigenvalue weighted by Gasteiger charge is 2.14. The summed E-state index contributed by atoms with van der Waals surface area (Å²) in [7, 11) is 1.81. The molecule has 0 bridgehead atoms. The van der Waals surface area contributed by atoms with E-state index in [1.54, 1.807) is 0 Å². The normalized spacial score (nSPS) is 10.9. The molecule has 0 saturated carbocycles. The molecule has 0 aliphatic heterocycles. The van der Waals surface area contributed by atoms with E-state index in [0.717, 1.165) is 10.6 Å². The second kappa shape index (κ2) is 6.48. The van der Waals surface area contributed by atoms with Crippen LogP contribution in [-0.4, -0.2) is 13.2 Å². The monoisotopic (exact) mass is 230 g/mol. The van der Waals surface area contributed by atoms with Crippen molar-refractivity contribution in [1.29, 1.82) is 0 Å². The summed E-state index contributed by atoms with van der Waals surface area (Å²) in [5, 5.41) is 2.30. The van der Waals surface area contributed by atoms with E-state index in [0.29, 0.717) is 13.2 Å². The lowest BCUT2D eigenvalue weighted by molar-refractivity contribution is 0.277. The second-order valence-electron chi connectivity index (χ2n) is 2.65.